The first kappa shape index (κ1) is 16.3. The highest BCUT2D eigenvalue weighted by atomic mass is 32.2. The molecular weight excluding hydrogens is 214 g/mol. The normalized spacial score (nSPS) is 15.4. The summed E-state index contributed by atoms with van der Waals surface area (Å²) in [5, 5.41) is 4.23. The van der Waals surface area contributed by atoms with Crippen LogP contribution in [0.25, 0.3) is 0 Å². The molecule has 0 bridgehead atoms. The van der Waals surface area contributed by atoms with Crippen molar-refractivity contribution in [2.24, 2.45) is 5.92 Å². The van der Waals surface area contributed by atoms with E-state index in [1.165, 1.54) is 37.9 Å². The second-order valence-electron chi connectivity index (χ2n) is 5.02. The molecule has 0 aromatic rings. The lowest BCUT2D eigenvalue weighted by atomic mass is 9.93. The van der Waals surface area contributed by atoms with Gasteiger partial charge in [-0.15, -0.1) is 0 Å². The third-order valence-corrected chi connectivity index (χ3v) is 4.46. The summed E-state index contributed by atoms with van der Waals surface area (Å²) >= 11 is 2.08. The van der Waals surface area contributed by atoms with Crippen LogP contribution < -0.4 is 5.32 Å². The first-order chi connectivity index (χ1) is 7.63. The molecule has 0 spiro atoms. The summed E-state index contributed by atoms with van der Waals surface area (Å²) in [5.41, 5.74) is 0. The second-order valence-corrected chi connectivity index (χ2v) is 6.63. The molecular formula is C14H31NS. The van der Waals surface area contributed by atoms with Crippen LogP contribution in [0.5, 0.6) is 0 Å². The Morgan fingerprint density at radius 2 is 1.88 bits per heavy atom. The van der Waals surface area contributed by atoms with Crippen molar-refractivity contribution in [3.63, 3.8) is 0 Å². The minimum Gasteiger partial charge on any atom is -0.316 e. The number of hydrogen-bond acceptors (Lipinski definition) is 2. The molecule has 0 aromatic carbocycles. The van der Waals surface area contributed by atoms with E-state index in [0.29, 0.717) is 6.04 Å². The summed E-state index contributed by atoms with van der Waals surface area (Å²) in [5.74, 6) is 2.18. The van der Waals surface area contributed by atoms with Crippen LogP contribution in [0.4, 0.5) is 0 Å². The fourth-order valence-corrected chi connectivity index (χ4v) is 2.88. The Morgan fingerprint density at radius 1 is 1.19 bits per heavy atom. The van der Waals surface area contributed by atoms with Crippen LogP contribution in [0.2, 0.25) is 0 Å². The van der Waals surface area contributed by atoms with Gasteiger partial charge < -0.3 is 5.32 Å². The predicted molar refractivity (Wildman–Crippen MR) is 78.4 cm³/mol. The Hall–Kier alpha value is 0.310. The number of unbranched alkanes of at least 4 members (excludes halogenated alkanes) is 1. The van der Waals surface area contributed by atoms with Crippen LogP contribution in [0.15, 0.2) is 0 Å². The average Bonchev–Trinajstić information content (AvgIpc) is 2.28. The summed E-state index contributed by atoms with van der Waals surface area (Å²) in [6.07, 6.45) is 6.84. The zero-order valence-electron chi connectivity index (χ0n) is 11.9. The van der Waals surface area contributed by atoms with Crippen molar-refractivity contribution in [1.29, 1.82) is 0 Å². The van der Waals surface area contributed by atoms with Gasteiger partial charge in [0.2, 0.25) is 0 Å². The van der Waals surface area contributed by atoms with E-state index in [2.05, 4.69) is 51.8 Å². The largest absolute Gasteiger partial charge is 0.316 e. The summed E-state index contributed by atoms with van der Waals surface area (Å²) in [6.45, 7) is 9.19. The molecule has 2 atom stereocenters. The van der Waals surface area contributed by atoms with Gasteiger partial charge in [0.05, 0.1) is 0 Å². The maximum atomic E-state index is 3.48. The maximum Gasteiger partial charge on any atom is 0.0157 e. The summed E-state index contributed by atoms with van der Waals surface area (Å²) in [6, 6.07) is 0.703. The zero-order valence-corrected chi connectivity index (χ0v) is 12.7. The van der Waals surface area contributed by atoms with E-state index in [1.54, 1.807) is 0 Å². The Balaban J connectivity index is 3.86. The fraction of sp³-hybridized carbons (Fsp3) is 1.00. The fourth-order valence-electron chi connectivity index (χ4n) is 1.96. The van der Waals surface area contributed by atoms with Crippen molar-refractivity contribution in [1.82, 2.24) is 5.32 Å². The van der Waals surface area contributed by atoms with Crippen molar-refractivity contribution in [2.75, 3.05) is 12.8 Å². The van der Waals surface area contributed by atoms with Gasteiger partial charge in [0, 0.05) is 11.8 Å². The van der Waals surface area contributed by atoms with Crippen LogP contribution in [0, 0.1) is 5.92 Å². The predicted octanol–water partition coefficient (Wildman–Crippen LogP) is 4.32. The molecule has 0 amide bonds. The van der Waals surface area contributed by atoms with Crippen LogP contribution in [0.3, 0.4) is 0 Å². The first-order valence-electron chi connectivity index (χ1n) is 6.92. The summed E-state index contributed by atoms with van der Waals surface area (Å²) in [7, 11) is 2.11. The molecule has 98 valence electrons. The van der Waals surface area contributed by atoms with E-state index in [1.807, 2.05) is 0 Å². The Labute approximate surface area is 107 Å². The van der Waals surface area contributed by atoms with Crippen LogP contribution in [-0.2, 0) is 0 Å². The van der Waals surface area contributed by atoms with Crippen LogP contribution in [-0.4, -0.2) is 24.1 Å². The van der Waals surface area contributed by atoms with Gasteiger partial charge >= 0.3 is 0 Å². The third kappa shape index (κ3) is 8.46. The van der Waals surface area contributed by atoms with Crippen molar-refractivity contribution in [3.05, 3.63) is 0 Å². The molecule has 0 aliphatic heterocycles. The lowest BCUT2D eigenvalue weighted by molar-refractivity contribution is 0.375. The summed E-state index contributed by atoms with van der Waals surface area (Å²) in [4.78, 5) is 0. The molecule has 0 heterocycles. The van der Waals surface area contributed by atoms with Crippen molar-refractivity contribution >= 4 is 11.8 Å². The molecule has 0 aliphatic rings. The molecule has 0 aliphatic carbocycles. The monoisotopic (exact) mass is 245 g/mol. The minimum absolute atomic E-state index is 0.703. The number of thioether (sulfide) groups is 1. The van der Waals surface area contributed by atoms with E-state index in [9.17, 15) is 0 Å². The molecule has 0 saturated carbocycles. The number of rotatable bonds is 10. The molecule has 1 N–H and O–H groups in total. The van der Waals surface area contributed by atoms with Gasteiger partial charge in [-0.3, -0.25) is 0 Å². The zero-order chi connectivity index (χ0) is 12.4. The Morgan fingerprint density at radius 3 is 2.31 bits per heavy atom. The third-order valence-electron chi connectivity index (χ3n) is 3.20. The molecule has 0 radical (unpaired) electrons. The molecule has 0 rings (SSSR count). The SMILES string of the molecule is CCCCC(CC)CC(CSC(C)C)NC. The van der Waals surface area contributed by atoms with Crippen molar-refractivity contribution in [3.8, 4) is 0 Å². The van der Waals surface area contributed by atoms with Gasteiger partial charge in [-0.05, 0) is 24.6 Å². The van der Waals surface area contributed by atoms with E-state index in [4.69, 9.17) is 0 Å². The molecule has 1 nitrogen and oxygen atoms in total. The number of nitrogens with one attached hydrogen (secondary N) is 1. The van der Waals surface area contributed by atoms with E-state index in [-0.39, 0.29) is 0 Å². The highest BCUT2D eigenvalue weighted by Crippen LogP contribution is 2.21. The van der Waals surface area contributed by atoms with Gasteiger partial charge in [0.1, 0.15) is 0 Å². The Bertz CT molecular complexity index is 148. The maximum absolute atomic E-state index is 3.48. The van der Waals surface area contributed by atoms with Gasteiger partial charge in [0.25, 0.3) is 0 Å². The lowest BCUT2D eigenvalue weighted by Crippen LogP contribution is -2.30. The Kier molecular flexibility index (Phi) is 10.7. The lowest BCUT2D eigenvalue weighted by Gasteiger charge is -2.22. The first-order valence-corrected chi connectivity index (χ1v) is 7.97. The van der Waals surface area contributed by atoms with Gasteiger partial charge in [-0.1, -0.05) is 53.4 Å². The van der Waals surface area contributed by atoms with E-state index < -0.39 is 0 Å². The number of hydrogen-bond donors (Lipinski definition) is 1. The minimum atomic E-state index is 0.703. The molecule has 0 fully saturated rings. The van der Waals surface area contributed by atoms with E-state index in [0.717, 1.165) is 11.2 Å². The van der Waals surface area contributed by atoms with E-state index >= 15 is 0 Å². The van der Waals surface area contributed by atoms with Gasteiger partial charge in [-0.2, -0.15) is 11.8 Å². The summed E-state index contributed by atoms with van der Waals surface area (Å²) < 4.78 is 0. The molecule has 2 unspecified atom stereocenters. The molecule has 0 saturated heterocycles. The van der Waals surface area contributed by atoms with Gasteiger partial charge in [-0.25, -0.2) is 0 Å². The highest BCUT2D eigenvalue weighted by molar-refractivity contribution is 7.99. The molecule has 2 heteroatoms. The van der Waals surface area contributed by atoms with Crippen LogP contribution in [0.1, 0.15) is 59.8 Å². The van der Waals surface area contributed by atoms with Gasteiger partial charge in [0.15, 0.2) is 0 Å². The second kappa shape index (κ2) is 10.5. The highest BCUT2D eigenvalue weighted by Gasteiger charge is 2.14. The quantitative estimate of drug-likeness (QED) is 0.615. The standard InChI is InChI=1S/C14H31NS/c1-6-8-9-13(7-2)10-14(15-5)11-16-12(3)4/h12-15H,6-11H2,1-5H3. The van der Waals surface area contributed by atoms with Crippen molar-refractivity contribution < 1.29 is 0 Å². The smallest absolute Gasteiger partial charge is 0.0157 e. The molecule has 0 aromatic heterocycles. The van der Waals surface area contributed by atoms with Crippen LogP contribution >= 0.6 is 11.8 Å². The molecule has 16 heavy (non-hydrogen) atoms. The average molecular weight is 245 g/mol. The topological polar surface area (TPSA) is 12.0 Å². The van der Waals surface area contributed by atoms with Crippen molar-refractivity contribution in [2.45, 2.75) is 71.1 Å².